The van der Waals surface area contributed by atoms with E-state index in [0.717, 1.165) is 12.8 Å². The first-order chi connectivity index (χ1) is 7.65. The average molecular weight is 231 g/mol. The molecule has 0 fully saturated rings. The molecule has 0 aromatic heterocycles. The molecule has 16 heavy (non-hydrogen) atoms. The Labute approximate surface area is 96.7 Å². The highest BCUT2D eigenvalue weighted by Crippen LogP contribution is 1.97. The van der Waals surface area contributed by atoms with Gasteiger partial charge in [-0.25, -0.2) is 4.79 Å². The summed E-state index contributed by atoms with van der Waals surface area (Å²) >= 11 is 0. The van der Waals surface area contributed by atoms with Crippen LogP contribution in [0.4, 0.5) is 4.79 Å². The first kappa shape index (κ1) is 14.7. The zero-order chi connectivity index (χ0) is 12.4. The quantitative estimate of drug-likeness (QED) is 0.495. The summed E-state index contributed by atoms with van der Waals surface area (Å²) in [4.78, 5) is 24.0. The molecule has 0 aromatic carbocycles. The van der Waals surface area contributed by atoms with Crippen LogP contribution in [0.2, 0.25) is 0 Å². The lowest BCUT2D eigenvalue weighted by Crippen LogP contribution is -2.36. The van der Waals surface area contributed by atoms with Gasteiger partial charge in [0.1, 0.15) is 6.54 Å². The number of rotatable bonds is 7. The van der Waals surface area contributed by atoms with Crippen molar-refractivity contribution < 1.29 is 19.1 Å². The molecule has 0 aliphatic heterocycles. The summed E-state index contributed by atoms with van der Waals surface area (Å²) in [6.07, 6.45) is 1.35. The molecular weight excluding hydrogens is 210 g/mol. The van der Waals surface area contributed by atoms with Gasteiger partial charge in [-0.15, -0.1) is 0 Å². The van der Waals surface area contributed by atoms with Crippen LogP contribution in [0.1, 0.15) is 33.6 Å². The Morgan fingerprint density at radius 2 is 1.81 bits per heavy atom. The lowest BCUT2D eigenvalue weighted by molar-refractivity contribution is -0.144. The summed E-state index contributed by atoms with van der Waals surface area (Å²) in [5.41, 5.74) is 0. The summed E-state index contributed by atoms with van der Waals surface area (Å²) in [5, 5.41) is 0. The number of likely N-dealkylation sites (N-methyl/N-ethyl adjacent to an activating group) is 1. The molecule has 5 nitrogen and oxygen atoms in total. The van der Waals surface area contributed by atoms with Gasteiger partial charge in [-0.05, 0) is 20.3 Å². The van der Waals surface area contributed by atoms with E-state index in [4.69, 9.17) is 9.47 Å². The fraction of sp³-hybridized carbons (Fsp3) is 0.818. The third-order valence-corrected chi connectivity index (χ3v) is 1.99. The molecule has 1 amide bonds. The summed E-state index contributed by atoms with van der Waals surface area (Å²) < 4.78 is 9.76. The van der Waals surface area contributed by atoms with E-state index in [1.807, 2.05) is 6.92 Å². The number of hydrogen-bond donors (Lipinski definition) is 0. The first-order valence-corrected chi connectivity index (χ1v) is 5.72. The van der Waals surface area contributed by atoms with E-state index in [0.29, 0.717) is 19.8 Å². The predicted molar refractivity (Wildman–Crippen MR) is 60.1 cm³/mol. The largest absolute Gasteiger partial charge is 0.465 e. The van der Waals surface area contributed by atoms with Crippen molar-refractivity contribution in [2.75, 3.05) is 26.3 Å². The number of carbonyl (C=O) groups is 2. The highest BCUT2D eigenvalue weighted by Gasteiger charge is 2.16. The fourth-order valence-corrected chi connectivity index (χ4v) is 1.06. The number of esters is 1. The Bertz CT molecular complexity index is 218. The van der Waals surface area contributed by atoms with Gasteiger partial charge in [-0.1, -0.05) is 13.3 Å². The topological polar surface area (TPSA) is 55.8 Å². The van der Waals surface area contributed by atoms with Crippen molar-refractivity contribution in [2.45, 2.75) is 33.6 Å². The maximum atomic E-state index is 11.5. The van der Waals surface area contributed by atoms with Gasteiger partial charge < -0.3 is 9.47 Å². The van der Waals surface area contributed by atoms with E-state index in [-0.39, 0.29) is 6.54 Å². The van der Waals surface area contributed by atoms with Crippen molar-refractivity contribution in [3.8, 4) is 0 Å². The molecule has 5 heteroatoms. The van der Waals surface area contributed by atoms with Gasteiger partial charge in [-0.2, -0.15) is 0 Å². The van der Waals surface area contributed by atoms with Crippen LogP contribution in [0.25, 0.3) is 0 Å². The molecule has 0 aromatic rings. The highest BCUT2D eigenvalue weighted by molar-refractivity contribution is 5.78. The molecule has 0 atom stereocenters. The van der Waals surface area contributed by atoms with Crippen LogP contribution in [0.3, 0.4) is 0 Å². The zero-order valence-electron chi connectivity index (χ0n) is 10.3. The Morgan fingerprint density at radius 3 is 2.31 bits per heavy atom. The Hall–Kier alpha value is -1.26. The number of nitrogens with zero attached hydrogens (tertiary/aromatic N) is 1. The molecule has 0 bridgehead atoms. The van der Waals surface area contributed by atoms with Crippen LogP contribution in [0, 0.1) is 0 Å². The molecule has 0 heterocycles. The molecule has 0 N–H and O–H groups in total. The minimum atomic E-state index is -0.455. The monoisotopic (exact) mass is 231 g/mol. The van der Waals surface area contributed by atoms with Gasteiger partial charge in [0.15, 0.2) is 0 Å². The van der Waals surface area contributed by atoms with Crippen LogP contribution in [-0.4, -0.2) is 43.3 Å². The van der Waals surface area contributed by atoms with Crippen molar-refractivity contribution >= 4 is 12.1 Å². The Balaban J connectivity index is 3.96. The predicted octanol–water partition coefficient (Wildman–Crippen LogP) is 1.81. The maximum absolute atomic E-state index is 11.5. The summed E-state index contributed by atoms with van der Waals surface area (Å²) in [7, 11) is 0. The normalized spacial score (nSPS) is 9.69. The Morgan fingerprint density at radius 1 is 1.12 bits per heavy atom. The second-order valence-corrected chi connectivity index (χ2v) is 3.29. The standard InChI is InChI=1S/C11H21NO4/c1-4-7-8-16-11(14)12(5-2)9-10(13)15-6-3/h4-9H2,1-3H3. The van der Waals surface area contributed by atoms with Gasteiger partial charge in [0, 0.05) is 6.54 Å². The molecule has 0 unspecified atom stereocenters. The van der Waals surface area contributed by atoms with Crippen LogP contribution >= 0.6 is 0 Å². The number of carbonyl (C=O) groups excluding carboxylic acids is 2. The maximum Gasteiger partial charge on any atom is 0.410 e. The minimum Gasteiger partial charge on any atom is -0.465 e. The van der Waals surface area contributed by atoms with Crippen molar-refractivity contribution in [3.63, 3.8) is 0 Å². The molecule has 0 aliphatic carbocycles. The molecule has 94 valence electrons. The lowest BCUT2D eigenvalue weighted by atomic mass is 10.4. The number of ether oxygens (including phenoxy) is 2. The van der Waals surface area contributed by atoms with Crippen molar-refractivity contribution in [2.24, 2.45) is 0 Å². The van der Waals surface area contributed by atoms with Crippen LogP contribution in [-0.2, 0) is 14.3 Å². The molecule has 0 radical (unpaired) electrons. The first-order valence-electron chi connectivity index (χ1n) is 5.72. The zero-order valence-corrected chi connectivity index (χ0v) is 10.3. The molecule has 0 aliphatic rings. The van der Waals surface area contributed by atoms with Gasteiger partial charge in [0.25, 0.3) is 0 Å². The lowest BCUT2D eigenvalue weighted by Gasteiger charge is -2.19. The smallest absolute Gasteiger partial charge is 0.410 e. The van der Waals surface area contributed by atoms with Crippen LogP contribution in [0.15, 0.2) is 0 Å². The van der Waals surface area contributed by atoms with Crippen molar-refractivity contribution in [1.82, 2.24) is 4.90 Å². The summed E-state index contributed by atoms with van der Waals surface area (Å²) in [5.74, 6) is -0.406. The minimum absolute atomic E-state index is 0.0463. The third kappa shape index (κ3) is 6.27. The molecule has 0 saturated heterocycles. The van der Waals surface area contributed by atoms with Crippen LogP contribution in [0.5, 0.6) is 0 Å². The van der Waals surface area contributed by atoms with E-state index in [2.05, 4.69) is 0 Å². The third-order valence-electron chi connectivity index (χ3n) is 1.99. The van der Waals surface area contributed by atoms with Gasteiger partial charge >= 0.3 is 12.1 Å². The average Bonchev–Trinajstić information content (AvgIpc) is 2.26. The number of unbranched alkanes of at least 4 members (excludes halogenated alkanes) is 1. The van der Waals surface area contributed by atoms with E-state index < -0.39 is 12.1 Å². The van der Waals surface area contributed by atoms with E-state index in [9.17, 15) is 9.59 Å². The number of hydrogen-bond acceptors (Lipinski definition) is 4. The number of amides is 1. The van der Waals surface area contributed by atoms with Crippen LogP contribution < -0.4 is 0 Å². The van der Waals surface area contributed by atoms with E-state index in [1.54, 1.807) is 13.8 Å². The fourth-order valence-electron chi connectivity index (χ4n) is 1.06. The molecule has 0 saturated carbocycles. The van der Waals surface area contributed by atoms with Gasteiger partial charge in [-0.3, -0.25) is 9.69 Å². The van der Waals surface area contributed by atoms with Gasteiger partial charge in [0.05, 0.1) is 13.2 Å². The van der Waals surface area contributed by atoms with E-state index in [1.165, 1.54) is 4.90 Å². The van der Waals surface area contributed by atoms with Crippen molar-refractivity contribution in [1.29, 1.82) is 0 Å². The molecular formula is C11H21NO4. The summed E-state index contributed by atoms with van der Waals surface area (Å²) in [6.45, 7) is 6.65. The second kappa shape index (κ2) is 9.00. The molecule has 0 rings (SSSR count). The van der Waals surface area contributed by atoms with Crippen molar-refractivity contribution in [3.05, 3.63) is 0 Å². The highest BCUT2D eigenvalue weighted by atomic mass is 16.6. The van der Waals surface area contributed by atoms with E-state index >= 15 is 0 Å². The Kier molecular flexibility index (Phi) is 8.29. The molecule has 0 spiro atoms. The summed E-state index contributed by atoms with van der Waals surface area (Å²) in [6, 6.07) is 0. The SMILES string of the molecule is CCCCOC(=O)N(CC)CC(=O)OCC. The second-order valence-electron chi connectivity index (χ2n) is 3.29. The van der Waals surface area contributed by atoms with Gasteiger partial charge in [0.2, 0.25) is 0 Å².